The number of hydrogen-bond donors (Lipinski definition) is 1. The molecule has 1 atom stereocenters. The Labute approximate surface area is 135 Å². The fourth-order valence-corrected chi connectivity index (χ4v) is 2.75. The van der Waals surface area contributed by atoms with Gasteiger partial charge in [0.05, 0.1) is 18.2 Å². The van der Waals surface area contributed by atoms with Crippen molar-refractivity contribution < 1.29 is 4.39 Å². The van der Waals surface area contributed by atoms with Crippen LogP contribution >= 0.6 is 0 Å². The SMILES string of the molecule is CC(C)c1nc2n(n1)C[C@H](NCc1ccc(C#N)cc1F)CC2. The summed E-state index contributed by atoms with van der Waals surface area (Å²) in [6.07, 6.45) is 1.85. The van der Waals surface area contributed by atoms with Crippen LogP contribution in [0.1, 0.15) is 49.0 Å². The van der Waals surface area contributed by atoms with Crippen LogP contribution in [0.25, 0.3) is 0 Å². The molecule has 5 nitrogen and oxygen atoms in total. The molecule has 6 heteroatoms. The van der Waals surface area contributed by atoms with E-state index in [2.05, 4.69) is 29.2 Å². The number of rotatable bonds is 4. The maximum Gasteiger partial charge on any atom is 0.153 e. The van der Waals surface area contributed by atoms with Crippen molar-refractivity contribution in [2.75, 3.05) is 0 Å². The van der Waals surface area contributed by atoms with Crippen molar-refractivity contribution in [3.63, 3.8) is 0 Å². The normalized spacial score (nSPS) is 17.1. The largest absolute Gasteiger partial charge is 0.308 e. The van der Waals surface area contributed by atoms with Gasteiger partial charge in [-0.3, -0.25) is 0 Å². The molecule has 0 unspecified atom stereocenters. The van der Waals surface area contributed by atoms with E-state index in [0.717, 1.165) is 31.0 Å². The van der Waals surface area contributed by atoms with Crippen molar-refractivity contribution in [2.45, 2.75) is 51.7 Å². The number of aryl methyl sites for hydroxylation is 1. The van der Waals surface area contributed by atoms with Gasteiger partial charge in [-0.15, -0.1) is 0 Å². The van der Waals surface area contributed by atoms with Crippen LogP contribution in [0, 0.1) is 17.1 Å². The van der Waals surface area contributed by atoms with E-state index < -0.39 is 0 Å². The van der Waals surface area contributed by atoms with E-state index in [9.17, 15) is 4.39 Å². The number of nitriles is 1. The maximum absolute atomic E-state index is 13.9. The van der Waals surface area contributed by atoms with Crippen LogP contribution in [0.15, 0.2) is 18.2 Å². The summed E-state index contributed by atoms with van der Waals surface area (Å²) >= 11 is 0. The summed E-state index contributed by atoms with van der Waals surface area (Å²) < 4.78 is 15.9. The number of nitrogens with zero attached hydrogens (tertiary/aromatic N) is 4. The van der Waals surface area contributed by atoms with Crippen LogP contribution in [-0.2, 0) is 19.5 Å². The number of halogens is 1. The van der Waals surface area contributed by atoms with Crippen LogP contribution in [0.3, 0.4) is 0 Å². The molecule has 0 bridgehead atoms. The summed E-state index contributed by atoms with van der Waals surface area (Å²) in [5, 5.41) is 16.7. The molecule has 1 aromatic carbocycles. The minimum atomic E-state index is -0.337. The number of fused-ring (bicyclic) bond motifs is 1. The molecule has 0 amide bonds. The van der Waals surface area contributed by atoms with Crippen molar-refractivity contribution in [1.82, 2.24) is 20.1 Å². The Hall–Kier alpha value is -2.26. The third-order valence-electron chi connectivity index (χ3n) is 4.15. The minimum absolute atomic E-state index is 0.249. The van der Waals surface area contributed by atoms with Crippen LogP contribution in [0.2, 0.25) is 0 Å². The lowest BCUT2D eigenvalue weighted by Gasteiger charge is -2.23. The lowest BCUT2D eigenvalue weighted by Crippen LogP contribution is -2.37. The molecule has 23 heavy (non-hydrogen) atoms. The van der Waals surface area contributed by atoms with E-state index in [1.165, 1.54) is 6.07 Å². The van der Waals surface area contributed by atoms with Gasteiger partial charge in [0.15, 0.2) is 5.82 Å². The Morgan fingerprint density at radius 1 is 1.48 bits per heavy atom. The van der Waals surface area contributed by atoms with Gasteiger partial charge in [-0.2, -0.15) is 10.4 Å². The van der Waals surface area contributed by atoms with Crippen LogP contribution in [0.4, 0.5) is 4.39 Å². The first-order valence-electron chi connectivity index (χ1n) is 7.92. The van der Waals surface area contributed by atoms with Crippen LogP contribution < -0.4 is 5.32 Å². The molecule has 0 fully saturated rings. The first-order chi connectivity index (χ1) is 11.1. The summed E-state index contributed by atoms with van der Waals surface area (Å²) in [5.41, 5.74) is 0.925. The number of benzene rings is 1. The van der Waals surface area contributed by atoms with Gasteiger partial charge in [-0.25, -0.2) is 14.1 Å². The molecule has 2 aromatic rings. The highest BCUT2D eigenvalue weighted by atomic mass is 19.1. The summed E-state index contributed by atoms with van der Waals surface area (Å²) in [6.45, 7) is 5.38. The van der Waals surface area contributed by atoms with Crippen molar-refractivity contribution in [3.8, 4) is 6.07 Å². The zero-order chi connectivity index (χ0) is 16.4. The molecule has 1 aromatic heterocycles. The third-order valence-corrected chi connectivity index (χ3v) is 4.15. The average Bonchev–Trinajstić information content (AvgIpc) is 2.97. The Kier molecular flexibility index (Phi) is 4.39. The highest BCUT2D eigenvalue weighted by molar-refractivity contribution is 5.32. The highest BCUT2D eigenvalue weighted by Gasteiger charge is 2.22. The highest BCUT2D eigenvalue weighted by Crippen LogP contribution is 2.18. The Bertz CT molecular complexity index is 744. The Balaban J connectivity index is 1.63. The Morgan fingerprint density at radius 3 is 3.00 bits per heavy atom. The van der Waals surface area contributed by atoms with Gasteiger partial charge >= 0.3 is 0 Å². The molecule has 1 N–H and O–H groups in total. The van der Waals surface area contributed by atoms with Gasteiger partial charge in [0, 0.05) is 30.5 Å². The van der Waals surface area contributed by atoms with Gasteiger partial charge in [0.1, 0.15) is 11.6 Å². The minimum Gasteiger partial charge on any atom is -0.308 e. The fourth-order valence-electron chi connectivity index (χ4n) is 2.75. The molecule has 3 rings (SSSR count). The smallest absolute Gasteiger partial charge is 0.153 e. The predicted molar refractivity (Wildman–Crippen MR) is 84.2 cm³/mol. The van der Waals surface area contributed by atoms with Gasteiger partial charge in [-0.1, -0.05) is 19.9 Å². The lowest BCUT2D eigenvalue weighted by atomic mass is 10.1. The standard InChI is InChI=1S/C17H20FN5/c1-11(2)17-21-16-6-5-14(10-23(16)22-17)20-9-13-4-3-12(8-19)7-15(13)18/h3-4,7,11,14,20H,5-6,9-10H2,1-2H3/t14-/m1/s1. The van der Waals surface area contributed by atoms with Crippen molar-refractivity contribution in [1.29, 1.82) is 5.26 Å². The first-order valence-corrected chi connectivity index (χ1v) is 7.92. The molecule has 2 heterocycles. The predicted octanol–water partition coefficient (Wildman–Crippen LogP) is 2.52. The molecule has 1 aliphatic heterocycles. The van der Waals surface area contributed by atoms with E-state index in [1.54, 1.807) is 12.1 Å². The lowest BCUT2D eigenvalue weighted by molar-refractivity contribution is 0.355. The summed E-state index contributed by atoms with van der Waals surface area (Å²) in [4.78, 5) is 4.57. The molecular weight excluding hydrogens is 293 g/mol. The summed E-state index contributed by atoms with van der Waals surface area (Å²) in [6, 6.07) is 6.79. The zero-order valence-electron chi connectivity index (χ0n) is 13.4. The van der Waals surface area contributed by atoms with E-state index in [0.29, 0.717) is 23.6 Å². The van der Waals surface area contributed by atoms with E-state index in [1.807, 2.05) is 10.8 Å². The molecule has 0 aliphatic carbocycles. The zero-order valence-corrected chi connectivity index (χ0v) is 13.4. The molecule has 0 radical (unpaired) electrons. The summed E-state index contributed by atoms with van der Waals surface area (Å²) in [5.74, 6) is 1.92. The second kappa shape index (κ2) is 6.47. The number of hydrogen-bond acceptors (Lipinski definition) is 4. The molecule has 0 saturated carbocycles. The number of aromatic nitrogens is 3. The van der Waals surface area contributed by atoms with Crippen LogP contribution in [-0.4, -0.2) is 20.8 Å². The maximum atomic E-state index is 13.9. The van der Waals surface area contributed by atoms with Crippen molar-refractivity contribution >= 4 is 0 Å². The van der Waals surface area contributed by atoms with Crippen LogP contribution in [0.5, 0.6) is 0 Å². The molecule has 1 aliphatic rings. The van der Waals surface area contributed by atoms with Crippen molar-refractivity contribution in [2.24, 2.45) is 0 Å². The average molecular weight is 313 g/mol. The van der Waals surface area contributed by atoms with Gasteiger partial charge < -0.3 is 5.32 Å². The summed E-state index contributed by atoms with van der Waals surface area (Å²) in [7, 11) is 0. The second-order valence-corrected chi connectivity index (χ2v) is 6.26. The fraction of sp³-hybridized carbons (Fsp3) is 0.471. The molecular formula is C17H20FN5. The van der Waals surface area contributed by atoms with Gasteiger partial charge in [-0.05, 0) is 18.6 Å². The first kappa shape index (κ1) is 15.6. The quantitative estimate of drug-likeness (QED) is 0.942. The molecule has 0 spiro atoms. The topological polar surface area (TPSA) is 66.5 Å². The monoisotopic (exact) mass is 313 g/mol. The number of nitrogens with one attached hydrogen (secondary N) is 1. The van der Waals surface area contributed by atoms with Gasteiger partial charge in [0.2, 0.25) is 0 Å². The van der Waals surface area contributed by atoms with E-state index in [4.69, 9.17) is 5.26 Å². The van der Waals surface area contributed by atoms with Crippen molar-refractivity contribution in [3.05, 3.63) is 46.8 Å². The molecule has 0 saturated heterocycles. The Morgan fingerprint density at radius 2 is 2.30 bits per heavy atom. The molecule has 120 valence electrons. The van der Waals surface area contributed by atoms with E-state index in [-0.39, 0.29) is 11.9 Å². The van der Waals surface area contributed by atoms with E-state index >= 15 is 0 Å². The second-order valence-electron chi connectivity index (χ2n) is 6.26. The van der Waals surface area contributed by atoms with Gasteiger partial charge in [0.25, 0.3) is 0 Å². The third kappa shape index (κ3) is 3.40.